The van der Waals surface area contributed by atoms with Gasteiger partial charge in [0.05, 0.1) is 25.4 Å². The standard InChI is InChI=1S/C11H20N2O4S/c1-8(5-16-2)17-6-10(14)4-12-3-9-7-18-11(15)13-9/h7-8,10,12,14H,3-6H2,1-2H3,(H,13,15). The van der Waals surface area contributed by atoms with Crippen molar-refractivity contribution in [3.05, 3.63) is 20.7 Å². The van der Waals surface area contributed by atoms with Crippen LogP contribution in [0.2, 0.25) is 0 Å². The molecule has 0 saturated carbocycles. The number of aromatic amines is 1. The molecule has 6 nitrogen and oxygen atoms in total. The highest BCUT2D eigenvalue weighted by Crippen LogP contribution is 1.96. The Bertz CT molecular complexity index is 379. The van der Waals surface area contributed by atoms with Gasteiger partial charge in [-0.1, -0.05) is 11.3 Å². The zero-order valence-electron chi connectivity index (χ0n) is 10.6. The van der Waals surface area contributed by atoms with Crippen LogP contribution in [0.1, 0.15) is 12.6 Å². The van der Waals surface area contributed by atoms with Crippen LogP contribution in [0, 0.1) is 0 Å². The molecule has 0 bridgehead atoms. The highest BCUT2D eigenvalue weighted by atomic mass is 32.1. The van der Waals surface area contributed by atoms with Crippen molar-refractivity contribution in [1.29, 1.82) is 0 Å². The van der Waals surface area contributed by atoms with Gasteiger partial charge in [-0.25, -0.2) is 0 Å². The molecule has 18 heavy (non-hydrogen) atoms. The summed E-state index contributed by atoms with van der Waals surface area (Å²) >= 11 is 1.13. The van der Waals surface area contributed by atoms with E-state index in [9.17, 15) is 9.90 Å². The molecule has 0 aliphatic rings. The fraction of sp³-hybridized carbons (Fsp3) is 0.727. The third-order valence-corrected chi connectivity index (χ3v) is 2.96. The average Bonchev–Trinajstić information content (AvgIpc) is 2.73. The first kappa shape index (κ1) is 15.3. The molecule has 0 aliphatic carbocycles. The molecule has 0 saturated heterocycles. The molecule has 0 fully saturated rings. The number of hydrogen-bond donors (Lipinski definition) is 3. The van der Waals surface area contributed by atoms with Crippen LogP contribution >= 0.6 is 11.3 Å². The molecule has 0 radical (unpaired) electrons. The van der Waals surface area contributed by atoms with Gasteiger partial charge in [0.15, 0.2) is 0 Å². The lowest BCUT2D eigenvalue weighted by molar-refractivity contribution is -0.0311. The second-order valence-corrected chi connectivity index (χ2v) is 4.90. The fourth-order valence-corrected chi connectivity index (χ4v) is 1.97. The quantitative estimate of drug-likeness (QED) is 0.588. The van der Waals surface area contributed by atoms with Crippen LogP contribution in [-0.2, 0) is 16.0 Å². The first-order chi connectivity index (χ1) is 8.61. The molecule has 3 N–H and O–H groups in total. The molecule has 7 heteroatoms. The monoisotopic (exact) mass is 276 g/mol. The van der Waals surface area contributed by atoms with Gasteiger partial charge >= 0.3 is 4.87 Å². The summed E-state index contributed by atoms with van der Waals surface area (Å²) in [6.07, 6.45) is -0.604. The fourth-order valence-electron chi connectivity index (χ4n) is 1.39. The Morgan fingerprint density at radius 1 is 1.56 bits per heavy atom. The topological polar surface area (TPSA) is 83.6 Å². The van der Waals surface area contributed by atoms with E-state index in [1.54, 1.807) is 12.5 Å². The van der Waals surface area contributed by atoms with E-state index in [0.717, 1.165) is 17.0 Å². The summed E-state index contributed by atoms with van der Waals surface area (Å²) in [5.74, 6) is 0. The minimum atomic E-state index is -0.574. The lowest BCUT2D eigenvalue weighted by Crippen LogP contribution is -2.32. The minimum Gasteiger partial charge on any atom is -0.389 e. The van der Waals surface area contributed by atoms with Crippen molar-refractivity contribution < 1.29 is 14.6 Å². The van der Waals surface area contributed by atoms with Gasteiger partial charge in [-0.3, -0.25) is 4.79 Å². The maximum atomic E-state index is 10.9. The molecule has 2 atom stereocenters. The van der Waals surface area contributed by atoms with E-state index in [-0.39, 0.29) is 17.6 Å². The lowest BCUT2D eigenvalue weighted by atomic mass is 10.3. The van der Waals surface area contributed by atoms with Crippen LogP contribution in [0.25, 0.3) is 0 Å². The van der Waals surface area contributed by atoms with Crippen molar-refractivity contribution in [3.63, 3.8) is 0 Å². The molecule has 1 rings (SSSR count). The third-order valence-electron chi connectivity index (χ3n) is 2.24. The van der Waals surface area contributed by atoms with Crippen molar-refractivity contribution in [2.45, 2.75) is 25.7 Å². The van der Waals surface area contributed by atoms with Crippen LogP contribution in [0.4, 0.5) is 0 Å². The summed E-state index contributed by atoms with van der Waals surface area (Å²) < 4.78 is 10.3. The number of thiazole rings is 1. The Hall–Kier alpha value is -0.730. The van der Waals surface area contributed by atoms with Gasteiger partial charge in [-0.05, 0) is 6.92 Å². The van der Waals surface area contributed by atoms with Crippen molar-refractivity contribution in [2.24, 2.45) is 0 Å². The summed E-state index contributed by atoms with van der Waals surface area (Å²) in [6, 6.07) is 0. The summed E-state index contributed by atoms with van der Waals surface area (Å²) in [7, 11) is 1.61. The van der Waals surface area contributed by atoms with E-state index in [0.29, 0.717) is 19.7 Å². The molecule has 0 aliphatic heterocycles. The molecule has 0 amide bonds. The van der Waals surface area contributed by atoms with E-state index >= 15 is 0 Å². The van der Waals surface area contributed by atoms with E-state index in [2.05, 4.69) is 10.3 Å². The highest BCUT2D eigenvalue weighted by Gasteiger charge is 2.07. The molecule has 1 heterocycles. The number of aliphatic hydroxyl groups excluding tert-OH is 1. The van der Waals surface area contributed by atoms with E-state index < -0.39 is 6.10 Å². The lowest BCUT2D eigenvalue weighted by Gasteiger charge is -2.16. The van der Waals surface area contributed by atoms with E-state index in [1.165, 1.54) is 0 Å². The second-order valence-electron chi connectivity index (χ2n) is 4.06. The second kappa shape index (κ2) is 8.39. The van der Waals surface area contributed by atoms with Gasteiger partial charge in [0.1, 0.15) is 0 Å². The summed E-state index contributed by atoms with van der Waals surface area (Å²) in [5.41, 5.74) is 0.825. The van der Waals surface area contributed by atoms with Crippen LogP contribution in [0.15, 0.2) is 10.2 Å². The zero-order valence-corrected chi connectivity index (χ0v) is 11.5. The number of H-pyrrole nitrogens is 1. The van der Waals surface area contributed by atoms with Gasteiger partial charge in [-0.15, -0.1) is 0 Å². The first-order valence-electron chi connectivity index (χ1n) is 5.77. The SMILES string of the molecule is COCC(C)OCC(O)CNCc1csc(=O)[nH]1. The largest absolute Gasteiger partial charge is 0.389 e. The summed E-state index contributed by atoms with van der Waals surface area (Å²) in [6.45, 7) is 3.61. The zero-order chi connectivity index (χ0) is 13.4. The molecule has 104 valence electrons. The van der Waals surface area contributed by atoms with Crippen LogP contribution in [0.3, 0.4) is 0 Å². The Labute approximate surface area is 110 Å². The number of aromatic nitrogens is 1. The number of ether oxygens (including phenoxy) is 2. The molecule has 0 aromatic carbocycles. The number of methoxy groups -OCH3 is 1. The van der Waals surface area contributed by atoms with Gasteiger partial charge < -0.3 is 24.9 Å². The third kappa shape index (κ3) is 6.27. The normalized spacial score (nSPS) is 14.6. The van der Waals surface area contributed by atoms with Crippen molar-refractivity contribution in [1.82, 2.24) is 10.3 Å². The Morgan fingerprint density at radius 2 is 2.33 bits per heavy atom. The van der Waals surface area contributed by atoms with Gasteiger partial charge in [0, 0.05) is 31.3 Å². The Balaban J connectivity index is 2.09. The van der Waals surface area contributed by atoms with Gasteiger partial charge in [0.2, 0.25) is 0 Å². The average molecular weight is 276 g/mol. The maximum absolute atomic E-state index is 10.9. The summed E-state index contributed by atoms with van der Waals surface area (Å²) in [4.78, 5) is 13.5. The van der Waals surface area contributed by atoms with E-state index in [4.69, 9.17) is 9.47 Å². The number of hydrogen-bond acceptors (Lipinski definition) is 6. The van der Waals surface area contributed by atoms with Gasteiger partial charge in [0.25, 0.3) is 0 Å². The number of aliphatic hydroxyl groups is 1. The predicted octanol–water partition coefficient (Wildman–Crippen LogP) is -0.0616. The number of nitrogens with one attached hydrogen (secondary N) is 2. The molecule has 1 aromatic rings. The minimum absolute atomic E-state index is 0.0297. The smallest absolute Gasteiger partial charge is 0.304 e. The van der Waals surface area contributed by atoms with E-state index in [1.807, 2.05) is 6.92 Å². The van der Waals surface area contributed by atoms with Crippen LogP contribution in [0.5, 0.6) is 0 Å². The number of rotatable bonds is 9. The van der Waals surface area contributed by atoms with Crippen molar-refractivity contribution >= 4 is 11.3 Å². The first-order valence-corrected chi connectivity index (χ1v) is 6.65. The van der Waals surface area contributed by atoms with Crippen molar-refractivity contribution in [3.8, 4) is 0 Å². The molecule has 2 unspecified atom stereocenters. The van der Waals surface area contributed by atoms with Crippen LogP contribution < -0.4 is 10.2 Å². The molecular weight excluding hydrogens is 256 g/mol. The maximum Gasteiger partial charge on any atom is 0.304 e. The predicted molar refractivity (Wildman–Crippen MR) is 69.9 cm³/mol. The highest BCUT2D eigenvalue weighted by molar-refractivity contribution is 7.07. The molecular formula is C11H20N2O4S. The summed E-state index contributed by atoms with van der Waals surface area (Å²) in [5, 5.41) is 14.5. The Kier molecular flexibility index (Phi) is 7.14. The van der Waals surface area contributed by atoms with Gasteiger partial charge in [-0.2, -0.15) is 0 Å². The Morgan fingerprint density at radius 3 is 2.94 bits per heavy atom. The molecule has 0 spiro atoms. The molecule has 1 aromatic heterocycles. The van der Waals surface area contributed by atoms with Crippen molar-refractivity contribution in [2.75, 3.05) is 26.9 Å². The van der Waals surface area contributed by atoms with Crippen LogP contribution in [-0.4, -0.2) is 49.2 Å².